The number of esters is 1. The summed E-state index contributed by atoms with van der Waals surface area (Å²) < 4.78 is 15.4. The highest BCUT2D eigenvalue weighted by molar-refractivity contribution is 5.81. The second-order valence-electron chi connectivity index (χ2n) is 3.70. The van der Waals surface area contributed by atoms with Crippen LogP contribution in [0.15, 0.2) is 35.5 Å². The third kappa shape index (κ3) is 4.72. The summed E-state index contributed by atoms with van der Waals surface area (Å²) in [6, 6.07) is 5.20. The second-order valence-corrected chi connectivity index (χ2v) is 3.70. The van der Waals surface area contributed by atoms with Crippen molar-refractivity contribution < 1.29 is 19.0 Å². The van der Waals surface area contributed by atoms with E-state index in [0.29, 0.717) is 23.7 Å². The first kappa shape index (κ1) is 15.7. The lowest BCUT2D eigenvalue weighted by atomic mass is 10.2. The van der Waals surface area contributed by atoms with E-state index in [9.17, 15) is 9.70 Å². The molecule has 1 aromatic carbocycles. The molecule has 0 saturated heterocycles. The molecular formula is C14H17NO5. The van der Waals surface area contributed by atoms with Gasteiger partial charge in [-0.25, -0.2) is 4.79 Å². The lowest BCUT2D eigenvalue weighted by Crippen LogP contribution is -2.03. The predicted molar refractivity (Wildman–Crippen MR) is 73.8 cm³/mol. The highest BCUT2D eigenvalue weighted by Crippen LogP contribution is 2.31. The fraction of sp³-hybridized carbons (Fsp3) is 0.357. The Bertz CT molecular complexity index is 484. The lowest BCUT2D eigenvalue weighted by Gasteiger charge is -2.12. The van der Waals surface area contributed by atoms with Gasteiger partial charge in [-0.1, -0.05) is 17.3 Å². The molecule has 1 rings (SSSR count). The molecule has 0 aliphatic rings. The van der Waals surface area contributed by atoms with Crippen LogP contribution in [-0.4, -0.2) is 26.3 Å². The first-order valence-electron chi connectivity index (χ1n) is 6.14. The zero-order chi connectivity index (χ0) is 14.8. The zero-order valence-electron chi connectivity index (χ0n) is 11.5. The van der Waals surface area contributed by atoms with Crippen LogP contribution in [0.3, 0.4) is 0 Å². The maximum absolute atomic E-state index is 11.1. The van der Waals surface area contributed by atoms with Crippen LogP contribution >= 0.6 is 0 Å². The molecule has 0 aliphatic carbocycles. The maximum atomic E-state index is 11.1. The summed E-state index contributed by atoms with van der Waals surface area (Å²) in [7, 11) is 1.51. The molecule has 0 radical (unpaired) electrons. The molecule has 0 aromatic heterocycles. The first-order chi connectivity index (χ1) is 9.72. The molecule has 1 aromatic rings. The van der Waals surface area contributed by atoms with E-state index in [1.807, 2.05) is 0 Å². The summed E-state index contributed by atoms with van der Waals surface area (Å²) in [4.78, 5) is 21.5. The Hall–Kier alpha value is -2.37. The Morgan fingerprint density at radius 2 is 2.20 bits per heavy atom. The van der Waals surface area contributed by atoms with Gasteiger partial charge in [0.15, 0.2) is 11.5 Å². The topological polar surface area (TPSA) is 74.2 Å². The van der Waals surface area contributed by atoms with Gasteiger partial charge in [0.05, 0.1) is 13.7 Å². The Kier molecular flexibility index (Phi) is 6.81. The molecule has 0 N–H and O–H groups in total. The van der Waals surface area contributed by atoms with Crippen molar-refractivity contribution in [3.63, 3.8) is 0 Å². The monoisotopic (exact) mass is 279 g/mol. The average Bonchev–Trinajstić information content (AvgIpc) is 2.45. The van der Waals surface area contributed by atoms with E-state index < -0.39 is 5.97 Å². The number of para-hydroxylation sites is 1. The van der Waals surface area contributed by atoms with Crippen molar-refractivity contribution in [2.45, 2.75) is 13.5 Å². The number of carbonyl (C=O) groups is 1. The van der Waals surface area contributed by atoms with Gasteiger partial charge in [0.1, 0.15) is 13.2 Å². The minimum atomic E-state index is -0.425. The third-order valence-electron chi connectivity index (χ3n) is 2.38. The number of hydrogen-bond donors (Lipinski definition) is 0. The lowest BCUT2D eigenvalue weighted by molar-refractivity contribution is -0.137. The molecule has 0 amide bonds. The van der Waals surface area contributed by atoms with Crippen LogP contribution in [0, 0.1) is 4.91 Å². The molecule has 0 fully saturated rings. The van der Waals surface area contributed by atoms with Gasteiger partial charge in [-0.3, -0.25) is 0 Å². The molecule has 20 heavy (non-hydrogen) atoms. The van der Waals surface area contributed by atoms with Crippen LogP contribution in [-0.2, 0) is 16.1 Å². The van der Waals surface area contributed by atoms with E-state index in [1.54, 1.807) is 25.1 Å². The molecule has 0 saturated carbocycles. The quantitative estimate of drug-likeness (QED) is 0.415. The van der Waals surface area contributed by atoms with Crippen molar-refractivity contribution >= 4 is 5.97 Å². The molecule has 0 heterocycles. The summed E-state index contributed by atoms with van der Waals surface area (Å²) in [6.07, 6.45) is 2.82. The van der Waals surface area contributed by atoms with E-state index in [0.717, 1.165) is 0 Å². The van der Waals surface area contributed by atoms with Gasteiger partial charge in [0.25, 0.3) is 0 Å². The van der Waals surface area contributed by atoms with E-state index in [-0.39, 0.29) is 13.2 Å². The fourth-order valence-electron chi connectivity index (χ4n) is 1.55. The molecular weight excluding hydrogens is 262 g/mol. The van der Waals surface area contributed by atoms with Crippen LogP contribution in [0.5, 0.6) is 11.5 Å². The molecule has 0 aliphatic heterocycles. The summed E-state index contributed by atoms with van der Waals surface area (Å²) in [5.74, 6) is 0.532. The van der Waals surface area contributed by atoms with Gasteiger partial charge < -0.3 is 14.2 Å². The molecule has 0 spiro atoms. The minimum Gasteiger partial charge on any atom is -0.493 e. The van der Waals surface area contributed by atoms with Gasteiger partial charge in [-0.15, -0.1) is 0 Å². The Morgan fingerprint density at radius 1 is 1.40 bits per heavy atom. The maximum Gasteiger partial charge on any atom is 0.330 e. The third-order valence-corrected chi connectivity index (χ3v) is 2.38. The molecule has 108 valence electrons. The Labute approximate surface area is 117 Å². The minimum absolute atomic E-state index is 0.00583. The normalized spacial score (nSPS) is 10.3. The molecule has 0 atom stereocenters. The van der Waals surface area contributed by atoms with Gasteiger partial charge in [-0.05, 0) is 19.1 Å². The van der Waals surface area contributed by atoms with Crippen molar-refractivity contribution in [1.29, 1.82) is 0 Å². The van der Waals surface area contributed by atoms with Crippen LogP contribution in [0.25, 0.3) is 0 Å². The van der Waals surface area contributed by atoms with Crippen LogP contribution in [0.2, 0.25) is 0 Å². The zero-order valence-corrected chi connectivity index (χ0v) is 11.5. The van der Waals surface area contributed by atoms with Gasteiger partial charge in [0.2, 0.25) is 0 Å². The van der Waals surface area contributed by atoms with E-state index in [4.69, 9.17) is 14.2 Å². The molecule has 6 heteroatoms. The van der Waals surface area contributed by atoms with Crippen LogP contribution < -0.4 is 9.47 Å². The number of carbonyl (C=O) groups excluding carboxylic acids is 1. The number of nitrogens with zero attached hydrogens (tertiary/aromatic N) is 1. The van der Waals surface area contributed by atoms with Crippen molar-refractivity contribution in [3.8, 4) is 11.5 Å². The molecule has 0 bridgehead atoms. The van der Waals surface area contributed by atoms with Crippen molar-refractivity contribution in [3.05, 3.63) is 40.8 Å². The second kappa shape index (κ2) is 8.68. The summed E-state index contributed by atoms with van der Waals surface area (Å²) >= 11 is 0. The first-order valence-corrected chi connectivity index (χ1v) is 6.14. The summed E-state index contributed by atoms with van der Waals surface area (Å²) in [6.45, 7) is 2.21. The Morgan fingerprint density at radius 3 is 2.85 bits per heavy atom. The number of methoxy groups -OCH3 is 1. The molecule has 0 unspecified atom stereocenters. The summed E-state index contributed by atoms with van der Waals surface area (Å²) in [5.41, 5.74) is 0.629. The Balaban J connectivity index is 2.70. The van der Waals surface area contributed by atoms with Crippen molar-refractivity contribution in [1.82, 2.24) is 0 Å². The van der Waals surface area contributed by atoms with Crippen molar-refractivity contribution in [2.75, 3.05) is 20.3 Å². The number of rotatable bonds is 8. The predicted octanol–water partition coefficient (Wildman–Crippen LogP) is 2.46. The number of benzene rings is 1. The van der Waals surface area contributed by atoms with Gasteiger partial charge in [0, 0.05) is 11.6 Å². The SMILES string of the molecule is CCOC(=O)C=CCOc1c(CN=O)cccc1OC. The number of hydrogen-bond acceptors (Lipinski definition) is 6. The van der Waals surface area contributed by atoms with Crippen LogP contribution in [0.1, 0.15) is 12.5 Å². The van der Waals surface area contributed by atoms with E-state index in [2.05, 4.69) is 5.18 Å². The van der Waals surface area contributed by atoms with Crippen LogP contribution in [0.4, 0.5) is 0 Å². The van der Waals surface area contributed by atoms with Gasteiger partial charge in [-0.2, -0.15) is 4.91 Å². The van der Waals surface area contributed by atoms with Gasteiger partial charge >= 0.3 is 5.97 Å². The fourth-order valence-corrected chi connectivity index (χ4v) is 1.55. The highest BCUT2D eigenvalue weighted by Gasteiger charge is 2.10. The van der Waals surface area contributed by atoms with Crippen molar-refractivity contribution in [2.24, 2.45) is 5.18 Å². The number of ether oxygens (including phenoxy) is 3. The van der Waals surface area contributed by atoms with E-state index in [1.165, 1.54) is 19.3 Å². The van der Waals surface area contributed by atoms with E-state index >= 15 is 0 Å². The summed E-state index contributed by atoms with van der Waals surface area (Å²) in [5, 5.41) is 2.85. The smallest absolute Gasteiger partial charge is 0.330 e. The largest absolute Gasteiger partial charge is 0.493 e. The number of nitroso groups, excluding NO2 is 1. The molecule has 6 nitrogen and oxygen atoms in total. The highest BCUT2D eigenvalue weighted by atomic mass is 16.5. The average molecular weight is 279 g/mol. The standard InChI is InChI=1S/C14H17NO5/c1-3-19-13(16)8-5-9-20-14-11(10-15-17)6-4-7-12(14)18-2/h4-8H,3,9-10H2,1-2H3.